The van der Waals surface area contributed by atoms with Crippen LogP contribution in [0.4, 0.5) is 0 Å². The lowest BCUT2D eigenvalue weighted by Gasteiger charge is -2.04. The smallest absolute Gasteiger partial charge is 0.178 e. The summed E-state index contributed by atoms with van der Waals surface area (Å²) in [5.74, 6) is 0. The predicted octanol–water partition coefficient (Wildman–Crippen LogP) is 1.11. The fourth-order valence-corrected chi connectivity index (χ4v) is 1.78. The molecular weight excluding hydrogens is 200 g/mol. The zero-order chi connectivity index (χ0) is 9.56. The van der Waals surface area contributed by atoms with Crippen LogP contribution >= 0.6 is 0 Å². The van der Waals surface area contributed by atoms with E-state index in [1.54, 1.807) is 0 Å². The molecule has 0 aliphatic carbocycles. The first kappa shape index (κ1) is 12.0. The van der Waals surface area contributed by atoms with Crippen LogP contribution in [-0.4, -0.2) is 22.8 Å². The van der Waals surface area contributed by atoms with E-state index in [1.165, 1.54) is 6.08 Å². The summed E-state index contributed by atoms with van der Waals surface area (Å²) in [6.07, 6.45) is 2.60. The van der Waals surface area contributed by atoms with Crippen molar-refractivity contribution in [3.63, 3.8) is 0 Å². The van der Waals surface area contributed by atoms with Crippen molar-refractivity contribution < 1.29 is 17.5 Å². The topological polar surface area (TPSA) is 74.6 Å². The molecule has 0 rings (SSSR count). The van der Waals surface area contributed by atoms with Gasteiger partial charge in [-0.2, -0.15) is 0 Å². The van der Waals surface area contributed by atoms with E-state index in [0.717, 1.165) is 11.8 Å². The molecule has 0 aliphatic rings. The Hall–Kier alpha value is -0.0400. The molecule has 3 unspecified atom stereocenters. The summed E-state index contributed by atoms with van der Waals surface area (Å²) >= 11 is -3.98. The quantitative estimate of drug-likeness (QED) is 0.669. The summed E-state index contributed by atoms with van der Waals surface area (Å²) in [4.78, 5) is 0. The van der Waals surface area contributed by atoms with Crippen molar-refractivity contribution in [1.82, 2.24) is 0 Å². The summed E-state index contributed by atoms with van der Waals surface area (Å²) in [5.41, 5.74) is 0. The summed E-state index contributed by atoms with van der Waals surface area (Å²) in [6, 6.07) is 0. The molecular formula is C6H12O4S2. The van der Waals surface area contributed by atoms with Crippen molar-refractivity contribution in [3.05, 3.63) is 11.5 Å². The van der Waals surface area contributed by atoms with E-state index >= 15 is 0 Å². The minimum Gasteiger partial charge on any atom is -0.306 e. The van der Waals surface area contributed by atoms with E-state index in [4.69, 9.17) is 9.11 Å². The maximum atomic E-state index is 10.6. The molecule has 0 aromatic heterocycles. The van der Waals surface area contributed by atoms with E-state index in [2.05, 4.69) is 0 Å². The number of hydrogen-bond acceptors (Lipinski definition) is 2. The second-order valence-electron chi connectivity index (χ2n) is 2.21. The molecule has 0 heterocycles. The number of hydrogen-bond donors (Lipinski definition) is 2. The van der Waals surface area contributed by atoms with E-state index in [9.17, 15) is 8.42 Å². The second kappa shape index (κ2) is 6.47. The highest BCUT2D eigenvalue weighted by Crippen LogP contribution is 2.05. The van der Waals surface area contributed by atoms with E-state index in [0.29, 0.717) is 6.42 Å². The molecule has 12 heavy (non-hydrogen) atoms. The van der Waals surface area contributed by atoms with Gasteiger partial charge in [0.15, 0.2) is 22.2 Å². The van der Waals surface area contributed by atoms with Crippen LogP contribution in [-0.2, 0) is 22.2 Å². The van der Waals surface area contributed by atoms with Gasteiger partial charge in [-0.15, -0.1) is 0 Å². The fraction of sp³-hybridized carbons (Fsp3) is 0.667. The van der Waals surface area contributed by atoms with E-state index < -0.39 is 27.4 Å². The molecule has 0 spiro atoms. The van der Waals surface area contributed by atoms with Crippen LogP contribution in [0.1, 0.15) is 19.8 Å². The van der Waals surface area contributed by atoms with Gasteiger partial charge < -0.3 is 9.11 Å². The first-order valence-corrected chi connectivity index (χ1v) is 5.79. The molecule has 2 N–H and O–H groups in total. The zero-order valence-corrected chi connectivity index (χ0v) is 8.31. The van der Waals surface area contributed by atoms with Gasteiger partial charge in [0.1, 0.15) is 0 Å². The molecule has 0 radical (unpaired) electrons. The molecule has 0 amide bonds. The van der Waals surface area contributed by atoms with Gasteiger partial charge in [-0.05, 0) is 6.42 Å². The Morgan fingerprint density at radius 3 is 2.33 bits per heavy atom. The second-order valence-corrected chi connectivity index (χ2v) is 4.19. The van der Waals surface area contributed by atoms with Crippen molar-refractivity contribution in [2.75, 3.05) is 0 Å². The van der Waals surface area contributed by atoms with E-state index in [-0.39, 0.29) is 0 Å². The zero-order valence-electron chi connectivity index (χ0n) is 6.67. The Morgan fingerprint density at radius 1 is 1.42 bits per heavy atom. The average Bonchev–Trinajstić information content (AvgIpc) is 1.96. The van der Waals surface area contributed by atoms with Gasteiger partial charge in [0.2, 0.25) is 0 Å². The summed E-state index contributed by atoms with van der Waals surface area (Å²) in [7, 11) is 0. The van der Waals surface area contributed by atoms with Crippen molar-refractivity contribution in [3.8, 4) is 0 Å². The van der Waals surface area contributed by atoms with Crippen LogP contribution in [0.25, 0.3) is 0 Å². The van der Waals surface area contributed by atoms with Crippen molar-refractivity contribution in [1.29, 1.82) is 0 Å². The Labute approximate surface area is 76.6 Å². The molecule has 0 aliphatic heterocycles. The van der Waals surface area contributed by atoms with Gasteiger partial charge in [-0.1, -0.05) is 19.4 Å². The summed E-state index contributed by atoms with van der Waals surface area (Å²) in [6.45, 7) is 1.88. The average molecular weight is 212 g/mol. The lowest BCUT2D eigenvalue weighted by Crippen LogP contribution is -2.10. The highest BCUT2D eigenvalue weighted by Gasteiger charge is 2.09. The molecule has 0 fully saturated rings. The third-order valence-corrected chi connectivity index (χ3v) is 2.54. The number of rotatable bonds is 5. The van der Waals surface area contributed by atoms with Crippen molar-refractivity contribution in [2.45, 2.75) is 25.0 Å². The molecule has 0 bridgehead atoms. The van der Waals surface area contributed by atoms with Crippen LogP contribution in [0.15, 0.2) is 11.5 Å². The van der Waals surface area contributed by atoms with Gasteiger partial charge >= 0.3 is 0 Å². The first-order valence-electron chi connectivity index (χ1n) is 3.45. The van der Waals surface area contributed by atoms with E-state index in [1.807, 2.05) is 6.92 Å². The van der Waals surface area contributed by atoms with Crippen LogP contribution in [0.2, 0.25) is 0 Å². The third-order valence-electron chi connectivity index (χ3n) is 1.24. The predicted molar refractivity (Wildman–Crippen MR) is 49.4 cm³/mol. The molecule has 6 heteroatoms. The van der Waals surface area contributed by atoms with Gasteiger partial charge in [-0.25, -0.2) is 8.42 Å². The minimum absolute atomic E-state index is 0.536. The lowest BCUT2D eigenvalue weighted by atomic mass is 10.2. The molecule has 0 aromatic carbocycles. The van der Waals surface area contributed by atoms with Gasteiger partial charge in [0.05, 0.1) is 5.25 Å². The molecule has 0 saturated carbocycles. The Morgan fingerprint density at radius 2 is 2.00 bits per heavy atom. The third kappa shape index (κ3) is 5.59. The first-order chi connectivity index (χ1) is 5.57. The molecule has 3 atom stereocenters. The molecule has 72 valence electrons. The molecule has 4 nitrogen and oxygen atoms in total. The maximum Gasteiger partial charge on any atom is 0.178 e. The monoisotopic (exact) mass is 212 g/mol. The SMILES string of the molecule is CCCC(C=CS(=O)O)S(=O)O. The summed E-state index contributed by atoms with van der Waals surface area (Å²) in [5, 5.41) is 0.472. The fourth-order valence-electron chi connectivity index (χ4n) is 0.704. The molecule has 0 aromatic rings. The highest BCUT2D eigenvalue weighted by molar-refractivity contribution is 7.82. The van der Waals surface area contributed by atoms with Crippen LogP contribution in [0.5, 0.6) is 0 Å². The van der Waals surface area contributed by atoms with Gasteiger partial charge in [-0.3, -0.25) is 0 Å². The standard InChI is InChI=1S/C6H12O4S2/c1-2-3-6(12(9)10)4-5-11(7)8/h4-6H,2-3H2,1H3,(H,7,8)(H,9,10). The van der Waals surface area contributed by atoms with Crippen molar-refractivity contribution in [2.24, 2.45) is 0 Å². The van der Waals surface area contributed by atoms with Crippen LogP contribution in [0.3, 0.4) is 0 Å². The van der Waals surface area contributed by atoms with Gasteiger partial charge in [0, 0.05) is 5.41 Å². The van der Waals surface area contributed by atoms with Crippen LogP contribution < -0.4 is 0 Å². The molecule has 0 saturated heterocycles. The maximum absolute atomic E-state index is 10.6. The highest BCUT2D eigenvalue weighted by atomic mass is 32.2. The summed E-state index contributed by atoms with van der Waals surface area (Å²) < 4.78 is 37.8. The van der Waals surface area contributed by atoms with Crippen molar-refractivity contribution >= 4 is 22.2 Å². The largest absolute Gasteiger partial charge is 0.306 e. The normalized spacial score (nSPS) is 19.2. The lowest BCUT2D eigenvalue weighted by molar-refractivity contribution is 0.551. The Balaban J connectivity index is 4.12. The van der Waals surface area contributed by atoms with Gasteiger partial charge in [0.25, 0.3) is 0 Å². The van der Waals surface area contributed by atoms with Crippen LogP contribution in [0, 0.1) is 0 Å². The Bertz CT molecular complexity index is 202. The minimum atomic E-state index is -2.03. The Kier molecular flexibility index (Phi) is 6.45.